The Morgan fingerprint density at radius 1 is 1.19 bits per heavy atom. The van der Waals surface area contributed by atoms with Crippen LogP contribution < -0.4 is 9.62 Å². The average molecular weight is 328 g/mol. The summed E-state index contributed by atoms with van der Waals surface area (Å²) in [7, 11) is 0. The summed E-state index contributed by atoms with van der Waals surface area (Å²) < 4.78 is 5.50. The summed E-state index contributed by atoms with van der Waals surface area (Å²) in [5.74, 6) is 0.667. The first-order chi connectivity index (χ1) is 10.1. The highest BCUT2D eigenvalue weighted by Gasteiger charge is 2.07. The molecule has 0 fully saturated rings. The quantitative estimate of drug-likeness (QED) is 0.600. The molecule has 21 heavy (non-hydrogen) atoms. The lowest BCUT2D eigenvalue weighted by Crippen LogP contribution is -2.05. The number of pyridine rings is 1. The summed E-state index contributed by atoms with van der Waals surface area (Å²) in [6, 6.07) is 7.96. The largest absolute Gasteiger partial charge is 0.438 e. The number of hydrogen-bond acceptors (Lipinski definition) is 5. The predicted octanol–water partition coefficient (Wildman–Crippen LogP) is 4.43. The number of nitrogens with zero attached hydrogens (tertiary/aromatic N) is 1. The molecule has 7 heteroatoms. The van der Waals surface area contributed by atoms with Crippen molar-refractivity contribution in [3.8, 4) is 17.4 Å². The molecular weight excluding hydrogens is 317 g/mol. The van der Waals surface area contributed by atoms with Gasteiger partial charge in [0.15, 0.2) is 5.75 Å². The molecule has 0 radical (unpaired) electrons. The molecule has 2 rings (SSSR count). The second kappa shape index (κ2) is 7.15. The topological polar surface area (TPSA) is 57.7 Å². The first-order valence-electron chi connectivity index (χ1n) is 6.05. The van der Waals surface area contributed by atoms with Crippen LogP contribution in [-0.4, -0.2) is 11.0 Å². The first kappa shape index (κ1) is 15.4. The molecule has 0 amide bonds. The molecular formula is C14H11Cl2NO4. The number of carbonyl (C=O) groups is 1. The fraction of sp³-hybridized carbons (Fsp3) is 0.143. The number of ether oxygens (including phenoxy) is 1. The zero-order valence-corrected chi connectivity index (χ0v) is 12.5. The highest BCUT2D eigenvalue weighted by molar-refractivity contribution is 6.35. The third-order valence-electron chi connectivity index (χ3n) is 2.33. The van der Waals surface area contributed by atoms with Crippen molar-refractivity contribution < 1.29 is 19.3 Å². The monoisotopic (exact) mass is 327 g/mol. The Bertz CT molecular complexity index is 631. The van der Waals surface area contributed by atoms with Crippen LogP contribution in [-0.2, 0) is 9.68 Å². The first-order valence-corrected chi connectivity index (χ1v) is 6.80. The number of halogens is 2. The number of aromatic nitrogens is 1. The van der Waals surface area contributed by atoms with E-state index in [1.165, 1.54) is 12.3 Å². The van der Waals surface area contributed by atoms with Crippen molar-refractivity contribution in [2.75, 3.05) is 0 Å². The Hall–Kier alpha value is -1.98. The van der Waals surface area contributed by atoms with Crippen LogP contribution in [0.5, 0.6) is 17.4 Å². The Morgan fingerprint density at radius 3 is 2.48 bits per heavy atom. The van der Waals surface area contributed by atoms with E-state index >= 15 is 0 Å². The van der Waals surface area contributed by atoms with E-state index in [1.54, 1.807) is 31.2 Å². The van der Waals surface area contributed by atoms with Crippen LogP contribution in [0.15, 0.2) is 36.5 Å². The summed E-state index contributed by atoms with van der Waals surface area (Å²) in [6.07, 6.45) is 1.67. The maximum Gasteiger partial charge on any atom is 0.355 e. The molecule has 1 heterocycles. The van der Waals surface area contributed by atoms with Gasteiger partial charge >= 0.3 is 5.97 Å². The lowest BCUT2D eigenvalue weighted by molar-refractivity contribution is -0.213. The number of benzene rings is 1. The lowest BCUT2D eigenvalue weighted by Gasteiger charge is -2.07. The molecule has 1 aromatic heterocycles. The van der Waals surface area contributed by atoms with Crippen molar-refractivity contribution in [2.45, 2.75) is 13.3 Å². The molecule has 2 aromatic rings. The van der Waals surface area contributed by atoms with E-state index in [0.717, 1.165) is 0 Å². The third-order valence-corrected chi connectivity index (χ3v) is 2.81. The molecule has 5 nitrogen and oxygen atoms in total. The minimum Gasteiger partial charge on any atom is -0.438 e. The molecule has 1 aromatic carbocycles. The zero-order valence-electron chi connectivity index (χ0n) is 11.0. The van der Waals surface area contributed by atoms with Crippen LogP contribution >= 0.6 is 23.2 Å². The van der Waals surface area contributed by atoms with Gasteiger partial charge in [0.25, 0.3) is 0 Å². The Morgan fingerprint density at radius 2 is 1.86 bits per heavy atom. The van der Waals surface area contributed by atoms with Crippen LogP contribution in [0, 0.1) is 0 Å². The van der Waals surface area contributed by atoms with Gasteiger partial charge < -0.3 is 4.74 Å². The van der Waals surface area contributed by atoms with Gasteiger partial charge in [-0.3, -0.25) is 9.78 Å². The van der Waals surface area contributed by atoms with E-state index in [-0.39, 0.29) is 12.3 Å². The maximum atomic E-state index is 11.0. The summed E-state index contributed by atoms with van der Waals surface area (Å²) in [5.41, 5.74) is 0. The van der Waals surface area contributed by atoms with Gasteiger partial charge in [0.1, 0.15) is 10.8 Å². The third kappa shape index (κ3) is 4.51. The van der Waals surface area contributed by atoms with Crippen LogP contribution in [0.1, 0.15) is 13.3 Å². The van der Waals surface area contributed by atoms with Crippen LogP contribution in [0.4, 0.5) is 0 Å². The maximum absolute atomic E-state index is 11.0. The van der Waals surface area contributed by atoms with Crippen LogP contribution in [0.2, 0.25) is 10.0 Å². The normalized spacial score (nSPS) is 10.0. The van der Waals surface area contributed by atoms with Crippen molar-refractivity contribution in [1.82, 2.24) is 4.98 Å². The Balaban J connectivity index is 2.00. The van der Waals surface area contributed by atoms with E-state index in [2.05, 4.69) is 9.87 Å². The molecule has 0 spiro atoms. The van der Waals surface area contributed by atoms with Crippen molar-refractivity contribution in [3.63, 3.8) is 0 Å². The summed E-state index contributed by atoms with van der Waals surface area (Å²) in [5, 5.41) is 0.730. The molecule has 0 saturated carbocycles. The van der Waals surface area contributed by atoms with Gasteiger partial charge in [-0.05, 0) is 30.3 Å². The van der Waals surface area contributed by atoms with Crippen molar-refractivity contribution in [1.29, 1.82) is 0 Å². The SMILES string of the molecule is CCC(=O)OOc1ccc(Oc2ncc(Cl)cc2Cl)cc1. The number of carbonyl (C=O) groups excluding carboxylic acids is 1. The lowest BCUT2D eigenvalue weighted by atomic mass is 10.3. The standard InChI is InChI=1S/C14H11Cl2NO4/c1-2-13(18)21-20-11-5-3-10(4-6-11)19-14-12(16)7-9(15)8-17-14/h3-8H,2H2,1H3. The molecule has 0 aliphatic heterocycles. The molecule has 0 saturated heterocycles. The van der Waals surface area contributed by atoms with Gasteiger partial charge in [-0.15, -0.1) is 0 Å². The van der Waals surface area contributed by atoms with E-state index < -0.39 is 5.97 Å². The minimum atomic E-state index is -0.451. The van der Waals surface area contributed by atoms with Gasteiger partial charge in [-0.25, -0.2) is 9.78 Å². The zero-order chi connectivity index (χ0) is 15.2. The van der Waals surface area contributed by atoms with Crippen molar-refractivity contribution in [2.24, 2.45) is 0 Å². The highest BCUT2D eigenvalue weighted by Crippen LogP contribution is 2.29. The second-order valence-electron chi connectivity index (χ2n) is 3.91. The van der Waals surface area contributed by atoms with Gasteiger partial charge in [-0.2, -0.15) is 0 Å². The summed E-state index contributed by atoms with van der Waals surface area (Å²) >= 11 is 11.7. The van der Waals surface area contributed by atoms with Gasteiger partial charge in [-0.1, -0.05) is 30.1 Å². The minimum absolute atomic E-state index is 0.238. The molecule has 0 aliphatic carbocycles. The molecule has 0 unspecified atom stereocenters. The van der Waals surface area contributed by atoms with Gasteiger partial charge in [0.05, 0.1) is 5.02 Å². The molecule has 110 valence electrons. The van der Waals surface area contributed by atoms with Crippen LogP contribution in [0.3, 0.4) is 0 Å². The van der Waals surface area contributed by atoms with Gasteiger partial charge in [0, 0.05) is 12.6 Å². The van der Waals surface area contributed by atoms with Crippen molar-refractivity contribution in [3.05, 3.63) is 46.6 Å². The molecule has 0 N–H and O–H groups in total. The molecule has 0 aliphatic rings. The highest BCUT2D eigenvalue weighted by atomic mass is 35.5. The van der Waals surface area contributed by atoms with E-state index in [1.807, 2.05) is 0 Å². The summed E-state index contributed by atoms with van der Waals surface area (Å²) in [6.45, 7) is 1.67. The summed E-state index contributed by atoms with van der Waals surface area (Å²) in [4.78, 5) is 24.3. The van der Waals surface area contributed by atoms with Gasteiger partial charge in [0.2, 0.25) is 5.88 Å². The van der Waals surface area contributed by atoms with E-state index in [4.69, 9.17) is 32.8 Å². The predicted molar refractivity (Wildman–Crippen MR) is 77.8 cm³/mol. The molecule has 0 bridgehead atoms. The number of hydrogen-bond donors (Lipinski definition) is 0. The smallest absolute Gasteiger partial charge is 0.355 e. The van der Waals surface area contributed by atoms with Crippen LogP contribution in [0.25, 0.3) is 0 Å². The van der Waals surface area contributed by atoms with Crippen molar-refractivity contribution >= 4 is 29.2 Å². The molecule has 0 atom stereocenters. The number of rotatable bonds is 5. The second-order valence-corrected chi connectivity index (χ2v) is 4.75. The fourth-order valence-electron chi connectivity index (χ4n) is 1.31. The van der Waals surface area contributed by atoms with E-state index in [9.17, 15) is 4.79 Å². The fourth-order valence-corrected chi connectivity index (χ4v) is 1.72. The average Bonchev–Trinajstić information content (AvgIpc) is 2.49. The Labute approximate surface area is 131 Å². The Kier molecular flexibility index (Phi) is 5.25. The van der Waals surface area contributed by atoms with E-state index in [0.29, 0.717) is 21.5 Å².